The van der Waals surface area contributed by atoms with Crippen LogP contribution in [0.1, 0.15) is 27.7 Å². The largest absolute Gasteiger partial charge is 0.497 e. The van der Waals surface area contributed by atoms with E-state index in [1.54, 1.807) is 18.4 Å². The van der Waals surface area contributed by atoms with Gasteiger partial charge in [0, 0.05) is 43.0 Å². The fraction of sp³-hybridized carbons (Fsp3) is 0.333. The van der Waals surface area contributed by atoms with Crippen LogP contribution < -0.4 is 4.74 Å². The van der Waals surface area contributed by atoms with Gasteiger partial charge in [-0.2, -0.15) is 0 Å². The maximum Gasteiger partial charge on any atom is 0.254 e. The van der Waals surface area contributed by atoms with Gasteiger partial charge in [-0.05, 0) is 35.7 Å². The summed E-state index contributed by atoms with van der Waals surface area (Å²) >= 11 is 1.64. The molecule has 0 bridgehead atoms. The molecule has 5 rings (SSSR count). The monoisotopic (exact) mass is 419 g/mol. The molecule has 2 saturated heterocycles. The molecule has 1 amide bonds. The molecule has 0 aliphatic carbocycles. The number of carbonyl (C=O) groups excluding carboxylic acids is 1. The van der Waals surface area contributed by atoms with E-state index in [2.05, 4.69) is 32.3 Å². The number of likely N-dealkylation sites (tertiary alicyclic amines) is 2. The minimum atomic E-state index is 0.0778. The lowest BCUT2D eigenvalue weighted by Crippen LogP contribution is -2.35. The summed E-state index contributed by atoms with van der Waals surface area (Å²) in [4.78, 5) is 22.4. The summed E-state index contributed by atoms with van der Waals surface area (Å²) in [5.41, 5.74) is 4.98. The molecule has 30 heavy (non-hydrogen) atoms. The van der Waals surface area contributed by atoms with Crippen molar-refractivity contribution < 1.29 is 9.53 Å². The van der Waals surface area contributed by atoms with Crippen molar-refractivity contribution in [1.82, 2.24) is 14.8 Å². The second-order valence-corrected chi connectivity index (χ2v) is 8.86. The third-order valence-electron chi connectivity index (χ3n) is 6.35. The molecule has 0 unspecified atom stereocenters. The van der Waals surface area contributed by atoms with Crippen LogP contribution in [-0.4, -0.2) is 47.4 Å². The first-order chi connectivity index (χ1) is 14.7. The van der Waals surface area contributed by atoms with E-state index in [-0.39, 0.29) is 11.9 Å². The molecule has 0 saturated carbocycles. The van der Waals surface area contributed by atoms with Gasteiger partial charge < -0.3 is 9.64 Å². The molecule has 2 aliphatic rings. The van der Waals surface area contributed by atoms with Crippen LogP contribution in [-0.2, 0) is 6.54 Å². The molecule has 3 atom stereocenters. The summed E-state index contributed by atoms with van der Waals surface area (Å²) < 4.78 is 5.34. The number of methoxy groups -OCH3 is 1. The van der Waals surface area contributed by atoms with E-state index in [0.29, 0.717) is 11.8 Å². The fourth-order valence-electron chi connectivity index (χ4n) is 4.99. The van der Waals surface area contributed by atoms with Gasteiger partial charge in [0.05, 0.1) is 24.4 Å². The quantitative estimate of drug-likeness (QED) is 0.625. The van der Waals surface area contributed by atoms with E-state index in [9.17, 15) is 4.79 Å². The van der Waals surface area contributed by atoms with Gasteiger partial charge in [-0.25, -0.2) is 4.98 Å². The van der Waals surface area contributed by atoms with Crippen molar-refractivity contribution >= 4 is 17.2 Å². The highest BCUT2D eigenvalue weighted by Crippen LogP contribution is 2.46. The Morgan fingerprint density at radius 2 is 1.90 bits per heavy atom. The summed E-state index contributed by atoms with van der Waals surface area (Å²) in [5.74, 6) is 1.86. The summed E-state index contributed by atoms with van der Waals surface area (Å²) in [7, 11) is 1.68. The molecule has 2 fully saturated rings. The van der Waals surface area contributed by atoms with Gasteiger partial charge in [0.25, 0.3) is 5.91 Å². The number of benzene rings is 2. The molecular weight excluding hydrogens is 394 g/mol. The zero-order chi connectivity index (χ0) is 20.5. The second kappa shape index (κ2) is 8.20. The highest BCUT2D eigenvalue weighted by atomic mass is 32.1. The number of hydrogen-bond donors (Lipinski definition) is 0. The van der Waals surface area contributed by atoms with E-state index in [0.717, 1.165) is 43.2 Å². The number of rotatable bonds is 5. The lowest BCUT2D eigenvalue weighted by Gasteiger charge is -2.30. The molecule has 2 aromatic carbocycles. The number of ether oxygens (including phenoxy) is 1. The van der Waals surface area contributed by atoms with Gasteiger partial charge in [0.1, 0.15) is 5.75 Å². The average Bonchev–Trinajstić information content (AvgIpc) is 3.51. The first-order valence-corrected chi connectivity index (χ1v) is 11.3. The molecule has 154 valence electrons. The summed E-state index contributed by atoms with van der Waals surface area (Å²) in [6, 6.07) is 17.9. The lowest BCUT2D eigenvalue weighted by molar-refractivity contribution is 0.0699. The predicted octanol–water partition coefficient (Wildman–Crippen LogP) is 4.10. The van der Waals surface area contributed by atoms with Crippen LogP contribution in [0.4, 0.5) is 0 Å². The topological polar surface area (TPSA) is 45.7 Å². The Bertz CT molecular complexity index is 991. The van der Waals surface area contributed by atoms with E-state index in [1.165, 1.54) is 5.56 Å². The molecular formula is C24H25N3O2S. The normalized spacial score (nSPS) is 23.5. The van der Waals surface area contributed by atoms with Crippen LogP contribution in [0.25, 0.3) is 0 Å². The Labute approximate surface area is 180 Å². The standard InChI is InChI=1S/C24H25N3O2S/c1-29-21-9-7-17(8-10-21)23-22-14-26(13-20-15-30-16-25-20)11-19(22)12-27(23)24(28)18-5-3-2-4-6-18/h2-10,15-16,19,22-23H,11-14H2,1H3/t19-,22-,23-/m0/s1. The molecule has 5 nitrogen and oxygen atoms in total. The third kappa shape index (κ3) is 3.61. The number of nitrogens with zero attached hydrogens (tertiary/aromatic N) is 3. The van der Waals surface area contributed by atoms with Gasteiger partial charge in [-0.3, -0.25) is 9.69 Å². The zero-order valence-electron chi connectivity index (χ0n) is 17.0. The molecule has 0 N–H and O–H groups in total. The van der Waals surface area contributed by atoms with Gasteiger partial charge in [-0.1, -0.05) is 30.3 Å². The molecule has 3 aromatic rings. The predicted molar refractivity (Wildman–Crippen MR) is 118 cm³/mol. The summed E-state index contributed by atoms with van der Waals surface area (Å²) in [6.45, 7) is 3.67. The highest BCUT2D eigenvalue weighted by molar-refractivity contribution is 7.07. The van der Waals surface area contributed by atoms with Crippen LogP contribution in [0.2, 0.25) is 0 Å². The molecule has 3 heterocycles. The van der Waals surface area contributed by atoms with Crippen molar-refractivity contribution in [2.24, 2.45) is 11.8 Å². The Hall–Kier alpha value is -2.70. The van der Waals surface area contributed by atoms with Gasteiger partial charge in [0.15, 0.2) is 0 Å². The Kier molecular flexibility index (Phi) is 5.27. The van der Waals surface area contributed by atoms with Crippen molar-refractivity contribution in [3.05, 3.63) is 82.3 Å². The maximum absolute atomic E-state index is 13.4. The minimum absolute atomic E-state index is 0.0778. The van der Waals surface area contributed by atoms with Crippen LogP contribution in [0, 0.1) is 11.8 Å². The van der Waals surface area contributed by atoms with Crippen molar-refractivity contribution in [3.63, 3.8) is 0 Å². The van der Waals surface area contributed by atoms with Crippen LogP contribution in [0.3, 0.4) is 0 Å². The van der Waals surface area contributed by atoms with Crippen LogP contribution in [0.5, 0.6) is 5.75 Å². The lowest BCUT2D eigenvalue weighted by atomic mass is 9.89. The minimum Gasteiger partial charge on any atom is -0.497 e. The van der Waals surface area contributed by atoms with Crippen molar-refractivity contribution in [3.8, 4) is 5.75 Å². The number of thiazole rings is 1. The van der Waals surface area contributed by atoms with Crippen molar-refractivity contribution in [2.75, 3.05) is 26.7 Å². The summed E-state index contributed by atoms with van der Waals surface area (Å²) in [5, 5.41) is 2.13. The van der Waals surface area contributed by atoms with E-state index < -0.39 is 0 Å². The second-order valence-electron chi connectivity index (χ2n) is 8.14. The third-order valence-corrected chi connectivity index (χ3v) is 6.98. The first-order valence-electron chi connectivity index (χ1n) is 10.3. The highest BCUT2D eigenvalue weighted by Gasteiger charge is 2.49. The summed E-state index contributed by atoms with van der Waals surface area (Å²) in [6.07, 6.45) is 0. The molecule has 2 aliphatic heterocycles. The molecule has 1 aromatic heterocycles. The number of hydrogen-bond acceptors (Lipinski definition) is 5. The Morgan fingerprint density at radius 3 is 2.60 bits per heavy atom. The zero-order valence-corrected chi connectivity index (χ0v) is 17.8. The molecule has 6 heteroatoms. The number of aromatic nitrogens is 1. The smallest absolute Gasteiger partial charge is 0.254 e. The Morgan fingerprint density at radius 1 is 1.10 bits per heavy atom. The fourth-order valence-corrected chi connectivity index (χ4v) is 5.54. The Balaban J connectivity index is 1.43. The molecule has 0 radical (unpaired) electrons. The number of amides is 1. The van der Waals surface area contributed by atoms with Crippen molar-refractivity contribution in [2.45, 2.75) is 12.6 Å². The first kappa shape index (κ1) is 19.3. The van der Waals surface area contributed by atoms with Crippen molar-refractivity contribution in [1.29, 1.82) is 0 Å². The number of carbonyl (C=O) groups is 1. The average molecular weight is 420 g/mol. The van der Waals surface area contributed by atoms with Gasteiger partial charge >= 0.3 is 0 Å². The van der Waals surface area contributed by atoms with Crippen LogP contribution >= 0.6 is 11.3 Å². The van der Waals surface area contributed by atoms with E-state index in [4.69, 9.17) is 4.74 Å². The number of fused-ring (bicyclic) bond motifs is 1. The van der Waals surface area contributed by atoms with Gasteiger partial charge in [-0.15, -0.1) is 11.3 Å². The maximum atomic E-state index is 13.4. The van der Waals surface area contributed by atoms with E-state index >= 15 is 0 Å². The van der Waals surface area contributed by atoms with Crippen LogP contribution in [0.15, 0.2) is 65.5 Å². The molecule has 0 spiro atoms. The SMILES string of the molecule is COc1ccc([C@H]2[C@H]3CN(Cc4cscn4)C[C@H]3CN2C(=O)c2ccccc2)cc1. The van der Waals surface area contributed by atoms with E-state index in [1.807, 2.05) is 48.0 Å². The van der Waals surface area contributed by atoms with Gasteiger partial charge in [0.2, 0.25) is 0 Å².